The van der Waals surface area contributed by atoms with Crippen LogP contribution in [0.3, 0.4) is 0 Å². The summed E-state index contributed by atoms with van der Waals surface area (Å²) in [4.78, 5) is 21.5. The molecule has 2 fully saturated rings. The number of piperidine rings is 1. The van der Waals surface area contributed by atoms with Crippen LogP contribution in [0.4, 0.5) is 4.79 Å². The fraction of sp³-hybridized carbons (Fsp3) is 0.750. The third-order valence-electron chi connectivity index (χ3n) is 2.64. The first-order valence-corrected chi connectivity index (χ1v) is 4.28. The van der Waals surface area contributed by atoms with Gasteiger partial charge in [-0.1, -0.05) is 0 Å². The largest absolute Gasteiger partial charge is 0.350 e. The highest BCUT2D eigenvalue weighted by Gasteiger charge is 2.47. The van der Waals surface area contributed by atoms with Gasteiger partial charge in [-0.25, -0.2) is 11.4 Å². The maximum absolute atomic E-state index is 11.6. The van der Waals surface area contributed by atoms with Crippen molar-refractivity contribution in [2.24, 2.45) is 0 Å². The quantitative estimate of drug-likeness (QED) is 0.558. The minimum absolute atomic E-state index is 0.149. The highest BCUT2D eigenvalue weighted by atomic mass is 16.7. The molecule has 2 aliphatic rings. The van der Waals surface area contributed by atoms with Crippen LogP contribution >= 0.6 is 0 Å². The van der Waals surface area contributed by atoms with Gasteiger partial charge in [-0.15, -0.1) is 0 Å². The number of fused-ring (bicyclic) bond motifs is 2. The summed E-state index contributed by atoms with van der Waals surface area (Å²) in [5, 5.41) is 1.38. The fourth-order valence-corrected chi connectivity index (χ4v) is 1.98. The van der Waals surface area contributed by atoms with E-state index in [0.29, 0.717) is 6.54 Å². The Morgan fingerprint density at radius 2 is 2.38 bits per heavy atom. The van der Waals surface area contributed by atoms with E-state index in [1.165, 1.54) is 12.2 Å². The maximum atomic E-state index is 11.6. The zero-order chi connectivity index (χ0) is 9.42. The molecule has 0 saturated carbocycles. The molecule has 2 rings (SSSR count). The van der Waals surface area contributed by atoms with Crippen LogP contribution in [0.2, 0.25) is 0 Å². The van der Waals surface area contributed by atoms with Gasteiger partial charge in [-0.05, 0) is 6.42 Å². The summed E-state index contributed by atoms with van der Waals surface area (Å²) in [6, 6.07) is -0.0125. The number of nitrogens with zero attached hydrogens (tertiary/aromatic N) is 3. The minimum atomic E-state index is -0.274. The maximum Gasteiger partial charge on any atom is 0.350 e. The first-order valence-electron chi connectivity index (χ1n) is 4.28. The molecule has 13 heavy (non-hydrogen) atoms. The number of carbonyl (C=O) groups is 1. The summed E-state index contributed by atoms with van der Waals surface area (Å²) in [6.07, 6.45) is 1.35. The van der Waals surface area contributed by atoms with E-state index in [1.807, 2.05) is 0 Å². The van der Waals surface area contributed by atoms with Crippen molar-refractivity contribution in [3.8, 4) is 0 Å². The number of urea groups is 1. The predicted molar refractivity (Wildman–Crippen MR) is 44.4 cm³/mol. The molecule has 5 heteroatoms. The van der Waals surface area contributed by atoms with Gasteiger partial charge < -0.3 is 0 Å². The molecule has 2 atom stereocenters. The highest BCUT2D eigenvalue weighted by molar-refractivity contribution is 5.77. The zero-order valence-electron chi connectivity index (χ0n) is 7.43. The predicted octanol–water partition coefficient (Wildman–Crippen LogP) is 0.693. The molecule has 5 nitrogen and oxygen atoms in total. The van der Waals surface area contributed by atoms with Crippen LogP contribution in [0.5, 0.6) is 0 Å². The Kier molecular flexibility index (Phi) is 1.85. The third kappa shape index (κ3) is 1.06. The number of carbonyl (C=O) groups excluding carboxylic acids is 1. The first kappa shape index (κ1) is 8.32. The van der Waals surface area contributed by atoms with Crippen molar-refractivity contribution in [2.45, 2.75) is 25.0 Å². The van der Waals surface area contributed by atoms with Crippen LogP contribution in [0.25, 0.3) is 4.85 Å². The molecule has 2 amide bonds. The summed E-state index contributed by atoms with van der Waals surface area (Å²) < 4.78 is 0. The van der Waals surface area contributed by atoms with E-state index in [2.05, 4.69) is 4.85 Å². The SMILES string of the molecule is [C-]#[N+][C@@H]1CC[C@@H]2CN1C(=O)N2OC. The van der Waals surface area contributed by atoms with Crippen molar-refractivity contribution < 1.29 is 9.63 Å². The zero-order valence-corrected chi connectivity index (χ0v) is 7.43. The molecule has 0 N–H and O–H groups in total. The topological polar surface area (TPSA) is 37.1 Å². The van der Waals surface area contributed by atoms with Gasteiger partial charge in [0.05, 0.1) is 19.7 Å². The first-order chi connectivity index (χ1) is 6.27. The van der Waals surface area contributed by atoms with Crippen molar-refractivity contribution in [3.63, 3.8) is 0 Å². The summed E-state index contributed by atoms with van der Waals surface area (Å²) in [6.45, 7) is 7.57. The number of hydrogen-bond donors (Lipinski definition) is 0. The Morgan fingerprint density at radius 1 is 1.62 bits per heavy atom. The van der Waals surface area contributed by atoms with Crippen molar-refractivity contribution in [3.05, 3.63) is 11.4 Å². The molecular weight excluding hydrogens is 170 g/mol. The molecule has 2 aliphatic heterocycles. The van der Waals surface area contributed by atoms with Gasteiger partial charge in [-0.2, -0.15) is 5.06 Å². The Balaban J connectivity index is 2.21. The standard InChI is InChI=1S/C8H11N3O2/c1-9-7-4-3-6-5-10(7)8(12)11(6)13-2/h6-7H,3-5H2,2H3/t6-,7+/m1/s1. The van der Waals surface area contributed by atoms with Gasteiger partial charge in [-0.3, -0.25) is 14.6 Å². The van der Waals surface area contributed by atoms with Crippen LogP contribution in [-0.4, -0.2) is 41.9 Å². The molecule has 2 bridgehead atoms. The summed E-state index contributed by atoms with van der Waals surface area (Å²) >= 11 is 0. The van der Waals surface area contributed by atoms with Gasteiger partial charge >= 0.3 is 12.2 Å². The molecule has 0 aromatic heterocycles. The lowest BCUT2D eigenvalue weighted by Crippen LogP contribution is -2.37. The molecule has 0 spiro atoms. The lowest BCUT2D eigenvalue weighted by molar-refractivity contribution is -0.0997. The molecular formula is C8H11N3O2. The van der Waals surface area contributed by atoms with E-state index < -0.39 is 0 Å². The van der Waals surface area contributed by atoms with E-state index in [4.69, 9.17) is 11.4 Å². The van der Waals surface area contributed by atoms with Gasteiger partial charge in [0, 0.05) is 6.42 Å². The minimum Gasteiger partial charge on any atom is -0.290 e. The van der Waals surface area contributed by atoms with Crippen LogP contribution in [-0.2, 0) is 4.84 Å². The molecule has 70 valence electrons. The normalized spacial score (nSPS) is 32.2. The smallest absolute Gasteiger partial charge is 0.290 e. The van der Waals surface area contributed by atoms with E-state index in [1.54, 1.807) is 4.90 Å². The van der Waals surface area contributed by atoms with Crippen LogP contribution in [0.1, 0.15) is 12.8 Å². The second kappa shape index (κ2) is 2.89. The van der Waals surface area contributed by atoms with Gasteiger partial charge in [0.2, 0.25) is 0 Å². The fourth-order valence-electron chi connectivity index (χ4n) is 1.98. The van der Waals surface area contributed by atoms with Crippen molar-refractivity contribution in [2.75, 3.05) is 13.7 Å². The van der Waals surface area contributed by atoms with Crippen molar-refractivity contribution >= 4 is 6.03 Å². The van der Waals surface area contributed by atoms with Crippen molar-refractivity contribution in [1.82, 2.24) is 9.96 Å². The van der Waals surface area contributed by atoms with Gasteiger partial charge in [0.25, 0.3) is 0 Å². The Bertz CT molecular complexity index is 273. The second-order valence-corrected chi connectivity index (χ2v) is 3.28. The van der Waals surface area contributed by atoms with E-state index in [-0.39, 0.29) is 18.2 Å². The molecule has 0 radical (unpaired) electrons. The monoisotopic (exact) mass is 181 g/mol. The highest BCUT2D eigenvalue weighted by Crippen LogP contribution is 2.29. The molecule has 0 unspecified atom stereocenters. The van der Waals surface area contributed by atoms with Crippen molar-refractivity contribution in [1.29, 1.82) is 0 Å². The number of hydroxylamine groups is 2. The Morgan fingerprint density at radius 3 is 3.00 bits per heavy atom. The number of rotatable bonds is 1. The van der Waals surface area contributed by atoms with Crippen LogP contribution in [0, 0.1) is 6.57 Å². The molecule has 0 aliphatic carbocycles. The van der Waals surface area contributed by atoms with E-state index in [0.717, 1.165) is 12.8 Å². The van der Waals surface area contributed by atoms with Gasteiger partial charge in [0.15, 0.2) is 0 Å². The summed E-state index contributed by atoms with van der Waals surface area (Å²) in [5.41, 5.74) is 0. The molecule has 2 saturated heterocycles. The molecule has 2 heterocycles. The van der Waals surface area contributed by atoms with E-state index in [9.17, 15) is 4.79 Å². The molecule has 0 aromatic carbocycles. The lowest BCUT2D eigenvalue weighted by Gasteiger charge is -2.21. The Hall–Kier alpha value is -1.28. The second-order valence-electron chi connectivity index (χ2n) is 3.28. The molecule has 0 aromatic rings. The number of hydrogen-bond acceptors (Lipinski definition) is 2. The van der Waals surface area contributed by atoms with Gasteiger partial charge in [0.1, 0.15) is 0 Å². The van der Waals surface area contributed by atoms with Crippen LogP contribution < -0.4 is 0 Å². The summed E-state index contributed by atoms with van der Waals surface area (Å²) in [5.74, 6) is 0. The Labute approximate surface area is 76.6 Å². The lowest BCUT2D eigenvalue weighted by atomic mass is 10.1. The average Bonchev–Trinajstić information content (AvgIpc) is 2.41. The summed E-state index contributed by atoms with van der Waals surface area (Å²) in [7, 11) is 1.49. The number of amides is 2. The van der Waals surface area contributed by atoms with E-state index >= 15 is 0 Å². The third-order valence-corrected chi connectivity index (χ3v) is 2.64. The van der Waals surface area contributed by atoms with Crippen LogP contribution in [0.15, 0.2) is 0 Å². The average molecular weight is 181 g/mol.